The van der Waals surface area contributed by atoms with Crippen LogP contribution in [0.2, 0.25) is 0 Å². The standard InChI is InChI=1S/C30H30F3N5O2/c1-6-21(11-7-9-19(2)3)25-14-24-26(39-25)27(37-17-29(5,31)40-30(32,33)18-37)36-28(35-24)38-16-23(15-34-38)22-12-8-10-20(4)13-22/h6-16,19H,1,17-18H2,2-5H3/b9-7-,21-11+. The Balaban J connectivity index is 1.64. The molecule has 4 aromatic rings. The van der Waals surface area contributed by atoms with Crippen molar-refractivity contribution in [2.24, 2.45) is 5.92 Å². The van der Waals surface area contributed by atoms with Gasteiger partial charge in [0.2, 0.25) is 5.85 Å². The van der Waals surface area contributed by atoms with Crippen molar-refractivity contribution in [1.29, 1.82) is 0 Å². The number of alkyl halides is 3. The van der Waals surface area contributed by atoms with Gasteiger partial charge in [0.25, 0.3) is 5.95 Å². The maximum Gasteiger partial charge on any atom is 0.375 e. The summed E-state index contributed by atoms with van der Waals surface area (Å²) >= 11 is 0. The number of aryl methyl sites for hydroxylation is 1. The van der Waals surface area contributed by atoms with Gasteiger partial charge in [-0.3, -0.25) is 4.74 Å². The summed E-state index contributed by atoms with van der Waals surface area (Å²) in [5, 5.41) is 4.42. The van der Waals surface area contributed by atoms with E-state index in [4.69, 9.17) is 4.42 Å². The van der Waals surface area contributed by atoms with Crippen LogP contribution in [0, 0.1) is 12.8 Å². The van der Waals surface area contributed by atoms with Crippen molar-refractivity contribution in [3.63, 3.8) is 0 Å². The Morgan fingerprint density at radius 3 is 2.62 bits per heavy atom. The van der Waals surface area contributed by atoms with Gasteiger partial charge in [-0.25, -0.2) is 14.1 Å². The van der Waals surface area contributed by atoms with E-state index in [1.54, 1.807) is 24.5 Å². The molecule has 10 heteroatoms. The first-order chi connectivity index (χ1) is 18.9. The first-order valence-electron chi connectivity index (χ1n) is 12.9. The fraction of sp³-hybridized carbons (Fsp3) is 0.300. The average Bonchev–Trinajstić information content (AvgIpc) is 3.51. The first-order valence-corrected chi connectivity index (χ1v) is 12.9. The zero-order valence-electron chi connectivity index (χ0n) is 22.7. The van der Waals surface area contributed by atoms with E-state index in [0.29, 0.717) is 22.8 Å². The second kappa shape index (κ2) is 10.4. The molecular formula is C30H30F3N5O2. The predicted molar refractivity (Wildman–Crippen MR) is 149 cm³/mol. The number of fused-ring (bicyclic) bond motifs is 1. The van der Waals surface area contributed by atoms with Gasteiger partial charge in [-0.05, 0) is 25.3 Å². The molecule has 40 heavy (non-hydrogen) atoms. The molecule has 1 saturated heterocycles. The number of morpholine rings is 1. The molecule has 1 aromatic carbocycles. The molecule has 0 amide bonds. The highest BCUT2D eigenvalue weighted by Gasteiger charge is 2.49. The summed E-state index contributed by atoms with van der Waals surface area (Å²) in [4.78, 5) is 10.3. The topological polar surface area (TPSA) is 69.2 Å². The Labute approximate surface area is 230 Å². The van der Waals surface area contributed by atoms with Gasteiger partial charge >= 0.3 is 6.11 Å². The number of benzene rings is 1. The smallest absolute Gasteiger partial charge is 0.375 e. The predicted octanol–water partition coefficient (Wildman–Crippen LogP) is 7.28. The molecule has 1 atom stereocenters. The van der Waals surface area contributed by atoms with Crippen LogP contribution < -0.4 is 4.90 Å². The molecule has 1 aliphatic heterocycles. The molecule has 1 fully saturated rings. The van der Waals surface area contributed by atoms with Crippen LogP contribution >= 0.6 is 0 Å². The monoisotopic (exact) mass is 549 g/mol. The van der Waals surface area contributed by atoms with Crippen LogP contribution in [0.15, 0.2) is 78.0 Å². The Morgan fingerprint density at radius 2 is 1.93 bits per heavy atom. The molecule has 0 N–H and O–H groups in total. The Morgan fingerprint density at radius 1 is 1.12 bits per heavy atom. The van der Waals surface area contributed by atoms with Gasteiger partial charge in [0, 0.05) is 23.4 Å². The van der Waals surface area contributed by atoms with Gasteiger partial charge in [0.05, 0.1) is 12.7 Å². The minimum absolute atomic E-state index is 0.00633. The van der Waals surface area contributed by atoms with Crippen LogP contribution in [0.4, 0.5) is 19.0 Å². The van der Waals surface area contributed by atoms with Crippen molar-refractivity contribution < 1.29 is 22.3 Å². The van der Waals surface area contributed by atoms with Crippen molar-refractivity contribution in [3.8, 4) is 17.1 Å². The Kier molecular flexibility index (Phi) is 7.14. The second-order valence-electron chi connectivity index (χ2n) is 10.4. The molecule has 0 radical (unpaired) electrons. The van der Waals surface area contributed by atoms with Gasteiger partial charge in [0.1, 0.15) is 17.8 Å². The summed E-state index contributed by atoms with van der Waals surface area (Å²) in [6.45, 7) is 9.53. The van der Waals surface area contributed by atoms with Crippen LogP contribution in [-0.4, -0.2) is 44.8 Å². The second-order valence-corrected chi connectivity index (χ2v) is 10.4. The number of hydrogen-bond donors (Lipinski definition) is 0. The van der Waals surface area contributed by atoms with Crippen LogP contribution in [0.25, 0.3) is 33.7 Å². The highest BCUT2D eigenvalue weighted by Crippen LogP contribution is 2.38. The molecule has 1 unspecified atom stereocenters. The first kappa shape index (κ1) is 27.4. The number of hydrogen-bond acceptors (Lipinski definition) is 6. The van der Waals surface area contributed by atoms with Crippen molar-refractivity contribution in [2.75, 3.05) is 18.0 Å². The number of allylic oxidation sites excluding steroid dienone is 5. The maximum absolute atomic E-state index is 14.9. The van der Waals surface area contributed by atoms with E-state index in [0.717, 1.165) is 28.5 Å². The minimum atomic E-state index is -3.74. The summed E-state index contributed by atoms with van der Waals surface area (Å²) in [6, 6.07) is 9.60. The van der Waals surface area contributed by atoms with E-state index in [1.165, 1.54) is 4.68 Å². The van der Waals surface area contributed by atoms with Gasteiger partial charge < -0.3 is 9.32 Å². The summed E-state index contributed by atoms with van der Waals surface area (Å²) in [5.74, 6) is -1.74. The number of ether oxygens (including phenoxy) is 1. The third-order valence-corrected chi connectivity index (χ3v) is 6.27. The lowest BCUT2D eigenvalue weighted by molar-refractivity contribution is -0.331. The van der Waals surface area contributed by atoms with E-state index >= 15 is 0 Å². The van der Waals surface area contributed by atoms with Crippen molar-refractivity contribution >= 4 is 22.5 Å². The minimum Gasteiger partial charge on any atom is -0.450 e. The number of halogens is 3. The van der Waals surface area contributed by atoms with Crippen LogP contribution in [0.5, 0.6) is 0 Å². The fourth-order valence-electron chi connectivity index (χ4n) is 4.54. The van der Waals surface area contributed by atoms with E-state index < -0.39 is 25.1 Å². The Hall–Kier alpha value is -4.18. The summed E-state index contributed by atoms with van der Waals surface area (Å²) < 4.78 is 55.7. The van der Waals surface area contributed by atoms with Crippen molar-refractivity contribution in [1.82, 2.24) is 19.7 Å². The van der Waals surface area contributed by atoms with Crippen molar-refractivity contribution in [2.45, 2.75) is 39.7 Å². The van der Waals surface area contributed by atoms with Gasteiger partial charge in [-0.15, -0.1) is 0 Å². The van der Waals surface area contributed by atoms with Crippen LogP contribution in [-0.2, 0) is 4.74 Å². The number of aromatic nitrogens is 4. The molecule has 5 rings (SSSR count). The quantitative estimate of drug-likeness (QED) is 0.226. The fourth-order valence-corrected chi connectivity index (χ4v) is 4.54. The molecule has 1 aliphatic rings. The summed E-state index contributed by atoms with van der Waals surface area (Å²) in [7, 11) is 0. The Bertz CT molecular complexity index is 1600. The van der Waals surface area contributed by atoms with Gasteiger partial charge in [0.15, 0.2) is 11.4 Å². The zero-order chi connectivity index (χ0) is 28.7. The van der Waals surface area contributed by atoms with Gasteiger partial charge in [-0.1, -0.05) is 74.6 Å². The molecule has 208 valence electrons. The molecular weight excluding hydrogens is 519 g/mol. The number of nitrogens with zero attached hydrogens (tertiary/aromatic N) is 5. The van der Waals surface area contributed by atoms with E-state index in [-0.39, 0.29) is 17.3 Å². The largest absolute Gasteiger partial charge is 0.450 e. The summed E-state index contributed by atoms with van der Waals surface area (Å²) in [6.07, 6.45) is 7.04. The molecule has 0 bridgehead atoms. The lowest BCUT2D eigenvalue weighted by atomic mass is 10.1. The SMILES string of the molecule is C=C/C(=C\C=C/C(C)C)c1cc2nc(-n3cc(-c4cccc(C)c4)cn3)nc(N3CC(C)(F)OC(F)(F)C3)c2o1. The number of rotatable bonds is 7. The van der Waals surface area contributed by atoms with E-state index in [1.807, 2.05) is 49.4 Å². The van der Waals surface area contributed by atoms with Crippen molar-refractivity contribution in [3.05, 3.63) is 84.9 Å². The van der Waals surface area contributed by atoms with E-state index in [9.17, 15) is 13.2 Å². The van der Waals surface area contributed by atoms with Gasteiger partial charge in [-0.2, -0.15) is 18.9 Å². The molecule has 0 saturated carbocycles. The highest BCUT2D eigenvalue weighted by atomic mass is 19.3. The average molecular weight is 550 g/mol. The number of furan rings is 1. The third kappa shape index (κ3) is 5.86. The number of anilines is 1. The highest BCUT2D eigenvalue weighted by molar-refractivity contribution is 5.89. The van der Waals surface area contributed by atoms with E-state index in [2.05, 4.69) is 40.2 Å². The molecule has 0 aliphatic carbocycles. The third-order valence-electron chi connectivity index (χ3n) is 6.27. The van der Waals surface area contributed by atoms with Crippen LogP contribution in [0.3, 0.4) is 0 Å². The molecule has 7 nitrogen and oxygen atoms in total. The van der Waals surface area contributed by atoms with Crippen LogP contribution in [0.1, 0.15) is 32.1 Å². The molecule has 4 heterocycles. The molecule has 0 spiro atoms. The maximum atomic E-state index is 14.9. The lowest BCUT2D eigenvalue weighted by Gasteiger charge is -2.39. The lowest BCUT2D eigenvalue weighted by Crippen LogP contribution is -2.55. The summed E-state index contributed by atoms with van der Waals surface area (Å²) in [5.41, 5.74) is 4.01. The normalized spacial score (nSPS) is 19.7. The molecule has 3 aromatic heterocycles. The zero-order valence-corrected chi connectivity index (χ0v) is 22.7.